The van der Waals surface area contributed by atoms with Crippen molar-refractivity contribution < 1.29 is 24.1 Å². The number of fused-ring (bicyclic) bond motifs is 2. The summed E-state index contributed by atoms with van der Waals surface area (Å²) in [5.74, 6) is 2.03. The van der Waals surface area contributed by atoms with Gasteiger partial charge in [0.15, 0.2) is 17.3 Å². The van der Waals surface area contributed by atoms with Gasteiger partial charge in [0, 0.05) is 49.3 Å². The SMILES string of the molecule is O=C1/C(=C/c2ccc(Cl)cc2Cl)Oc2c1ccc(O)c2CN1CCN(Cc2ccc3c(c2)OCO3)CC1. The van der Waals surface area contributed by atoms with Gasteiger partial charge in [0.1, 0.15) is 11.5 Å². The third kappa shape index (κ3) is 4.88. The third-order valence-corrected chi connectivity index (χ3v) is 7.42. The van der Waals surface area contributed by atoms with E-state index >= 15 is 0 Å². The Morgan fingerprint density at radius 2 is 1.65 bits per heavy atom. The van der Waals surface area contributed by atoms with Crippen LogP contribution >= 0.6 is 23.2 Å². The summed E-state index contributed by atoms with van der Waals surface area (Å²) in [5, 5.41) is 11.6. The molecule has 3 aromatic rings. The molecule has 0 aliphatic carbocycles. The van der Waals surface area contributed by atoms with Gasteiger partial charge in [-0.05, 0) is 53.6 Å². The molecule has 0 unspecified atom stereocenters. The van der Waals surface area contributed by atoms with Gasteiger partial charge in [0.05, 0.1) is 11.1 Å². The van der Waals surface area contributed by atoms with Crippen molar-refractivity contribution in [3.8, 4) is 23.0 Å². The Morgan fingerprint density at radius 3 is 2.43 bits per heavy atom. The number of halogens is 2. The van der Waals surface area contributed by atoms with Crippen molar-refractivity contribution in [3.63, 3.8) is 0 Å². The molecule has 7 nitrogen and oxygen atoms in total. The van der Waals surface area contributed by atoms with Crippen LogP contribution in [0.4, 0.5) is 0 Å². The smallest absolute Gasteiger partial charge is 0.231 e. The van der Waals surface area contributed by atoms with E-state index in [1.165, 1.54) is 5.56 Å². The summed E-state index contributed by atoms with van der Waals surface area (Å²) in [6, 6.07) is 14.3. The Hall–Kier alpha value is -3.23. The van der Waals surface area contributed by atoms with Crippen LogP contribution in [-0.4, -0.2) is 53.7 Å². The van der Waals surface area contributed by atoms with Crippen LogP contribution < -0.4 is 14.2 Å². The maximum absolute atomic E-state index is 13.0. The van der Waals surface area contributed by atoms with Crippen LogP contribution in [0.1, 0.15) is 27.0 Å². The lowest BCUT2D eigenvalue weighted by atomic mass is 10.0. The highest BCUT2D eigenvalue weighted by Gasteiger charge is 2.32. The number of aromatic hydroxyl groups is 1. The van der Waals surface area contributed by atoms with Gasteiger partial charge in [0.2, 0.25) is 12.6 Å². The number of ether oxygens (including phenoxy) is 3. The number of hydrogen-bond donors (Lipinski definition) is 1. The Labute approximate surface area is 224 Å². The van der Waals surface area contributed by atoms with Crippen LogP contribution in [0, 0.1) is 0 Å². The van der Waals surface area contributed by atoms with E-state index in [4.69, 9.17) is 37.4 Å². The lowest BCUT2D eigenvalue weighted by Crippen LogP contribution is -2.45. The monoisotopic (exact) mass is 538 g/mol. The molecule has 0 amide bonds. The fourth-order valence-electron chi connectivity index (χ4n) is 4.84. The first kappa shape index (κ1) is 24.1. The van der Waals surface area contributed by atoms with Gasteiger partial charge in [-0.15, -0.1) is 0 Å². The molecule has 0 bridgehead atoms. The molecule has 3 aromatic carbocycles. The largest absolute Gasteiger partial charge is 0.507 e. The number of rotatable bonds is 5. The minimum Gasteiger partial charge on any atom is -0.507 e. The maximum Gasteiger partial charge on any atom is 0.231 e. The zero-order chi connectivity index (χ0) is 25.5. The summed E-state index contributed by atoms with van der Waals surface area (Å²) >= 11 is 12.3. The molecule has 0 atom stereocenters. The molecule has 37 heavy (non-hydrogen) atoms. The molecule has 3 heterocycles. The van der Waals surface area contributed by atoms with Gasteiger partial charge < -0.3 is 19.3 Å². The van der Waals surface area contributed by atoms with E-state index in [2.05, 4.69) is 15.9 Å². The number of phenolic OH excluding ortho intramolecular Hbond substituents is 1. The summed E-state index contributed by atoms with van der Waals surface area (Å²) in [4.78, 5) is 17.7. The number of hydrogen-bond acceptors (Lipinski definition) is 7. The van der Waals surface area contributed by atoms with Gasteiger partial charge in [-0.3, -0.25) is 14.6 Å². The van der Waals surface area contributed by atoms with Crippen LogP contribution in [0.25, 0.3) is 6.08 Å². The van der Waals surface area contributed by atoms with Gasteiger partial charge in [-0.1, -0.05) is 35.3 Å². The molecule has 3 aliphatic rings. The highest BCUT2D eigenvalue weighted by atomic mass is 35.5. The number of benzene rings is 3. The summed E-state index contributed by atoms with van der Waals surface area (Å²) < 4.78 is 16.9. The Bertz CT molecular complexity index is 1420. The predicted octanol–water partition coefficient (Wildman–Crippen LogP) is 5.36. The molecule has 3 aliphatic heterocycles. The standard InChI is InChI=1S/C28H24Cl2N2O5/c29-19-3-2-18(22(30)13-19)12-26-27(34)20-4-5-23(33)21(28(20)37-26)15-32-9-7-31(8-10-32)14-17-1-6-24-25(11-17)36-16-35-24/h1-6,11-13,33H,7-10,14-16H2/b26-12-. The van der Waals surface area contributed by atoms with E-state index in [9.17, 15) is 9.90 Å². The molecule has 1 N–H and O–H groups in total. The summed E-state index contributed by atoms with van der Waals surface area (Å²) in [7, 11) is 0. The van der Waals surface area contributed by atoms with Crippen LogP contribution in [0.15, 0.2) is 54.3 Å². The Kier molecular flexibility index (Phi) is 6.46. The molecule has 1 saturated heterocycles. The molecule has 1 fully saturated rings. The average molecular weight is 539 g/mol. The van der Waals surface area contributed by atoms with Crippen molar-refractivity contribution in [2.75, 3.05) is 33.0 Å². The van der Waals surface area contributed by atoms with Gasteiger partial charge in [-0.25, -0.2) is 0 Å². The summed E-state index contributed by atoms with van der Waals surface area (Å²) in [5.41, 5.74) is 2.86. The van der Waals surface area contributed by atoms with Crippen molar-refractivity contribution >= 4 is 35.1 Å². The number of ketones is 1. The molecule has 0 spiro atoms. The number of nitrogens with zero attached hydrogens (tertiary/aromatic N) is 2. The van der Waals surface area contributed by atoms with E-state index < -0.39 is 0 Å². The van der Waals surface area contributed by atoms with E-state index in [1.807, 2.05) is 12.1 Å². The zero-order valence-electron chi connectivity index (χ0n) is 19.9. The number of allylic oxidation sites excluding steroid dienone is 1. The molecule has 0 radical (unpaired) electrons. The van der Waals surface area contributed by atoms with E-state index in [1.54, 1.807) is 36.4 Å². The lowest BCUT2D eigenvalue weighted by Gasteiger charge is -2.35. The topological polar surface area (TPSA) is 71.5 Å². The minimum absolute atomic E-state index is 0.111. The second kappa shape index (κ2) is 9.91. The number of carbonyl (C=O) groups excluding carboxylic acids is 1. The third-order valence-electron chi connectivity index (χ3n) is 6.86. The van der Waals surface area contributed by atoms with Gasteiger partial charge >= 0.3 is 0 Å². The van der Waals surface area contributed by atoms with Crippen molar-refractivity contribution in [1.29, 1.82) is 0 Å². The molecule has 6 rings (SSSR count). The van der Waals surface area contributed by atoms with Crippen molar-refractivity contribution in [2.45, 2.75) is 13.1 Å². The van der Waals surface area contributed by atoms with E-state index in [-0.39, 0.29) is 24.1 Å². The molecule has 0 aromatic heterocycles. The van der Waals surface area contributed by atoms with Crippen LogP contribution in [0.3, 0.4) is 0 Å². The lowest BCUT2D eigenvalue weighted by molar-refractivity contribution is 0.101. The van der Waals surface area contributed by atoms with Gasteiger partial charge in [0.25, 0.3) is 0 Å². The second-order valence-electron chi connectivity index (χ2n) is 9.29. The second-order valence-corrected chi connectivity index (χ2v) is 10.1. The van der Waals surface area contributed by atoms with Crippen molar-refractivity contribution in [3.05, 3.63) is 86.6 Å². The zero-order valence-corrected chi connectivity index (χ0v) is 21.4. The maximum atomic E-state index is 13.0. The normalized spacial score (nSPS) is 18.3. The molecule has 9 heteroatoms. The number of phenols is 1. The highest BCUT2D eigenvalue weighted by Crippen LogP contribution is 2.41. The molecule has 190 valence electrons. The Balaban J connectivity index is 1.13. The predicted molar refractivity (Wildman–Crippen MR) is 141 cm³/mol. The average Bonchev–Trinajstić information content (AvgIpc) is 3.48. The van der Waals surface area contributed by atoms with E-state index in [0.717, 1.165) is 44.2 Å². The van der Waals surface area contributed by atoms with Crippen LogP contribution in [0.5, 0.6) is 23.0 Å². The number of piperazine rings is 1. The molecular weight excluding hydrogens is 515 g/mol. The quantitative estimate of drug-likeness (QED) is 0.438. The first-order valence-corrected chi connectivity index (χ1v) is 12.8. The molecular formula is C28H24Cl2N2O5. The number of carbonyl (C=O) groups is 1. The fourth-order valence-corrected chi connectivity index (χ4v) is 5.30. The Morgan fingerprint density at radius 1 is 0.892 bits per heavy atom. The summed E-state index contributed by atoms with van der Waals surface area (Å²) in [6.07, 6.45) is 1.61. The summed E-state index contributed by atoms with van der Waals surface area (Å²) in [6.45, 7) is 4.99. The first-order chi connectivity index (χ1) is 17.9. The fraction of sp³-hybridized carbons (Fsp3) is 0.250. The number of Topliss-reactive ketones (excluding diaryl/α,β-unsaturated/α-hetero) is 1. The first-order valence-electron chi connectivity index (χ1n) is 12.0. The minimum atomic E-state index is -0.240. The molecule has 0 saturated carbocycles. The van der Waals surface area contributed by atoms with Crippen LogP contribution in [-0.2, 0) is 13.1 Å². The van der Waals surface area contributed by atoms with Crippen molar-refractivity contribution in [1.82, 2.24) is 9.80 Å². The van der Waals surface area contributed by atoms with Crippen molar-refractivity contribution in [2.24, 2.45) is 0 Å². The van der Waals surface area contributed by atoms with E-state index in [0.29, 0.717) is 39.0 Å². The highest BCUT2D eigenvalue weighted by molar-refractivity contribution is 6.35. The van der Waals surface area contributed by atoms with Crippen LogP contribution in [0.2, 0.25) is 10.0 Å². The van der Waals surface area contributed by atoms with Gasteiger partial charge in [-0.2, -0.15) is 0 Å².